The molecule has 1 fully saturated rings. The molecule has 0 saturated carbocycles. The van der Waals surface area contributed by atoms with Gasteiger partial charge in [0, 0.05) is 39.6 Å². The van der Waals surface area contributed by atoms with Gasteiger partial charge >= 0.3 is 0 Å². The third kappa shape index (κ3) is 4.46. The van der Waals surface area contributed by atoms with Crippen molar-refractivity contribution < 1.29 is 10.2 Å². The number of aromatic amines is 2. The van der Waals surface area contributed by atoms with E-state index in [0.29, 0.717) is 5.92 Å². The van der Waals surface area contributed by atoms with Crippen molar-refractivity contribution in [3.05, 3.63) is 71.0 Å². The van der Waals surface area contributed by atoms with E-state index >= 15 is 0 Å². The number of unbranched alkanes of at least 4 members (excludes halogenated alkanes) is 1. The Morgan fingerprint density at radius 1 is 0.875 bits per heavy atom. The molecule has 168 valence electrons. The summed E-state index contributed by atoms with van der Waals surface area (Å²) in [5.74, 6) is 0.600. The van der Waals surface area contributed by atoms with Gasteiger partial charge in [0.1, 0.15) is 0 Å². The van der Waals surface area contributed by atoms with Crippen molar-refractivity contribution >= 4 is 21.8 Å². The van der Waals surface area contributed by atoms with Crippen LogP contribution in [0.1, 0.15) is 54.0 Å². The molecule has 2 aromatic carbocycles. The van der Waals surface area contributed by atoms with Crippen LogP contribution in [0.15, 0.2) is 48.7 Å². The molecule has 0 atom stereocenters. The number of aliphatic hydroxyl groups excluding tert-OH is 2. The van der Waals surface area contributed by atoms with Gasteiger partial charge in [-0.2, -0.15) is 0 Å². The Morgan fingerprint density at radius 2 is 1.62 bits per heavy atom. The van der Waals surface area contributed by atoms with Gasteiger partial charge in [-0.05, 0) is 98.8 Å². The molecular formula is C27H33N3O2. The quantitative estimate of drug-likeness (QED) is 0.302. The number of aromatic nitrogens is 2. The van der Waals surface area contributed by atoms with Crippen LogP contribution in [0.2, 0.25) is 0 Å². The zero-order chi connectivity index (χ0) is 21.9. The maximum Gasteiger partial charge on any atom is 0.0682 e. The van der Waals surface area contributed by atoms with Gasteiger partial charge in [-0.25, -0.2) is 0 Å². The van der Waals surface area contributed by atoms with E-state index in [1.165, 1.54) is 59.8 Å². The molecule has 1 aliphatic heterocycles. The maximum absolute atomic E-state index is 9.41. The molecule has 0 spiro atoms. The largest absolute Gasteiger partial charge is 0.392 e. The second-order valence-electron chi connectivity index (χ2n) is 9.23. The van der Waals surface area contributed by atoms with Crippen molar-refractivity contribution in [1.82, 2.24) is 14.9 Å². The molecule has 0 amide bonds. The lowest BCUT2D eigenvalue weighted by atomic mass is 9.93. The van der Waals surface area contributed by atoms with Gasteiger partial charge in [0.2, 0.25) is 0 Å². The van der Waals surface area contributed by atoms with Crippen LogP contribution in [0.25, 0.3) is 21.8 Å². The van der Waals surface area contributed by atoms with E-state index < -0.39 is 0 Å². The summed E-state index contributed by atoms with van der Waals surface area (Å²) in [6, 6.07) is 14.6. The highest BCUT2D eigenvalue weighted by molar-refractivity contribution is 5.84. The molecule has 4 N–H and O–H groups in total. The molecule has 0 unspecified atom stereocenters. The number of hydrogen-bond acceptors (Lipinski definition) is 3. The Morgan fingerprint density at radius 3 is 2.41 bits per heavy atom. The highest BCUT2D eigenvalue weighted by Gasteiger charge is 2.21. The number of aryl methyl sites for hydroxylation is 1. The Hall–Kier alpha value is -2.60. The highest BCUT2D eigenvalue weighted by atomic mass is 16.3. The van der Waals surface area contributed by atoms with Crippen molar-refractivity contribution in [1.29, 1.82) is 0 Å². The molecule has 5 heteroatoms. The van der Waals surface area contributed by atoms with E-state index in [-0.39, 0.29) is 13.2 Å². The van der Waals surface area contributed by atoms with Gasteiger partial charge < -0.3 is 25.1 Å². The number of benzene rings is 2. The number of fused-ring (bicyclic) bond motifs is 2. The van der Waals surface area contributed by atoms with E-state index in [1.54, 1.807) is 0 Å². The third-order valence-corrected chi connectivity index (χ3v) is 7.10. The lowest BCUT2D eigenvalue weighted by Gasteiger charge is -2.31. The number of rotatable bonds is 8. The molecule has 5 nitrogen and oxygen atoms in total. The minimum Gasteiger partial charge on any atom is -0.392 e. The molecule has 2 aromatic heterocycles. The maximum atomic E-state index is 9.41. The lowest BCUT2D eigenvalue weighted by Crippen LogP contribution is -2.33. The van der Waals surface area contributed by atoms with Crippen LogP contribution in [-0.2, 0) is 19.6 Å². The monoisotopic (exact) mass is 431 g/mol. The molecule has 1 saturated heterocycles. The van der Waals surface area contributed by atoms with Crippen molar-refractivity contribution in [2.75, 3.05) is 19.6 Å². The SMILES string of the molecule is OCc1ccc2[nH]c(C3CCN(CCCCc4c[nH]c5ccc(CO)cc45)CC3)cc2c1. The van der Waals surface area contributed by atoms with Gasteiger partial charge in [-0.1, -0.05) is 12.1 Å². The standard InChI is InChI=1S/C27H33N3O2/c31-17-19-4-6-25-23(13-19)15-27(29-25)21-8-11-30(12-9-21)10-2-1-3-22-16-28-26-7-5-20(18-32)14-24(22)26/h4-7,13-16,21,28-29,31-32H,1-3,8-12,17-18H2. The average Bonchev–Trinajstić information content (AvgIpc) is 3.45. The first-order valence-electron chi connectivity index (χ1n) is 11.9. The Balaban J connectivity index is 1.10. The van der Waals surface area contributed by atoms with E-state index in [9.17, 15) is 10.2 Å². The molecule has 3 heterocycles. The van der Waals surface area contributed by atoms with Crippen LogP contribution in [0, 0.1) is 0 Å². The van der Waals surface area contributed by atoms with E-state index in [0.717, 1.165) is 36.2 Å². The van der Waals surface area contributed by atoms with Crippen LogP contribution in [-0.4, -0.2) is 44.7 Å². The Bertz CT molecular complexity index is 1180. The molecule has 5 rings (SSSR count). The normalized spacial score (nSPS) is 15.8. The van der Waals surface area contributed by atoms with E-state index in [1.807, 2.05) is 12.1 Å². The van der Waals surface area contributed by atoms with Gasteiger partial charge in [-0.15, -0.1) is 0 Å². The molecule has 1 aliphatic rings. The van der Waals surface area contributed by atoms with Crippen LogP contribution in [0.4, 0.5) is 0 Å². The fourth-order valence-corrected chi connectivity index (χ4v) is 5.17. The van der Waals surface area contributed by atoms with Crippen LogP contribution in [0.5, 0.6) is 0 Å². The van der Waals surface area contributed by atoms with E-state index in [4.69, 9.17) is 0 Å². The van der Waals surface area contributed by atoms with Gasteiger partial charge in [0.05, 0.1) is 13.2 Å². The van der Waals surface area contributed by atoms with Crippen molar-refractivity contribution in [3.63, 3.8) is 0 Å². The van der Waals surface area contributed by atoms with Crippen LogP contribution in [0.3, 0.4) is 0 Å². The van der Waals surface area contributed by atoms with Gasteiger partial charge in [0.25, 0.3) is 0 Å². The average molecular weight is 432 g/mol. The molecule has 0 aliphatic carbocycles. The van der Waals surface area contributed by atoms with Crippen molar-refractivity contribution in [3.8, 4) is 0 Å². The molecule has 32 heavy (non-hydrogen) atoms. The number of piperidine rings is 1. The Labute approximate surface area is 189 Å². The van der Waals surface area contributed by atoms with Crippen molar-refractivity contribution in [2.24, 2.45) is 0 Å². The first-order chi connectivity index (χ1) is 15.7. The summed E-state index contributed by atoms with van der Waals surface area (Å²) in [5.41, 5.74) is 6.98. The highest BCUT2D eigenvalue weighted by Crippen LogP contribution is 2.30. The minimum atomic E-state index is 0.0960. The second-order valence-corrected chi connectivity index (χ2v) is 9.23. The second kappa shape index (κ2) is 9.49. The summed E-state index contributed by atoms with van der Waals surface area (Å²) in [7, 11) is 0. The summed E-state index contributed by atoms with van der Waals surface area (Å²) in [6.45, 7) is 3.69. The number of H-pyrrole nitrogens is 2. The summed E-state index contributed by atoms with van der Waals surface area (Å²) < 4.78 is 0. The zero-order valence-corrected chi connectivity index (χ0v) is 18.6. The Kier molecular flexibility index (Phi) is 6.30. The molecule has 0 bridgehead atoms. The third-order valence-electron chi connectivity index (χ3n) is 7.10. The number of aliphatic hydroxyl groups is 2. The molecule has 0 radical (unpaired) electrons. The molecule has 4 aromatic rings. The smallest absolute Gasteiger partial charge is 0.0682 e. The van der Waals surface area contributed by atoms with Gasteiger partial charge in [0.15, 0.2) is 0 Å². The number of nitrogens with one attached hydrogen (secondary N) is 2. The topological polar surface area (TPSA) is 75.3 Å². The summed E-state index contributed by atoms with van der Waals surface area (Å²) in [5, 5.41) is 21.2. The summed E-state index contributed by atoms with van der Waals surface area (Å²) >= 11 is 0. The van der Waals surface area contributed by atoms with E-state index in [2.05, 4.69) is 51.4 Å². The summed E-state index contributed by atoms with van der Waals surface area (Å²) in [4.78, 5) is 9.58. The number of likely N-dealkylation sites (tertiary alicyclic amines) is 1. The van der Waals surface area contributed by atoms with Gasteiger partial charge in [-0.3, -0.25) is 0 Å². The van der Waals surface area contributed by atoms with Crippen LogP contribution >= 0.6 is 0 Å². The fourth-order valence-electron chi connectivity index (χ4n) is 5.17. The first kappa shape index (κ1) is 21.3. The fraction of sp³-hybridized carbons (Fsp3) is 0.407. The van der Waals surface area contributed by atoms with Crippen molar-refractivity contribution in [2.45, 2.75) is 51.2 Å². The number of nitrogens with zero attached hydrogens (tertiary/aromatic N) is 1. The van der Waals surface area contributed by atoms with Crippen LogP contribution < -0.4 is 0 Å². The minimum absolute atomic E-state index is 0.0960. The number of hydrogen-bond donors (Lipinski definition) is 4. The first-order valence-corrected chi connectivity index (χ1v) is 11.9. The predicted octanol–water partition coefficient (Wildman–Crippen LogP) is 4.84. The predicted molar refractivity (Wildman–Crippen MR) is 130 cm³/mol. The zero-order valence-electron chi connectivity index (χ0n) is 18.6. The lowest BCUT2D eigenvalue weighted by molar-refractivity contribution is 0.208. The molecular weight excluding hydrogens is 398 g/mol. The summed E-state index contributed by atoms with van der Waals surface area (Å²) in [6.07, 6.45) is 8.01.